The van der Waals surface area contributed by atoms with Gasteiger partial charge in [-0.15, -0.1) is 0 Å². The smallest absolute Gasteiger partial charge is 0.300 e. The Morgan fingerprint density at radius 1 is 1.00 bits per heavy atom. The summed E-state index contributed by atoms with van der Waals surface area (Å²) in [5.74, 6) is 0.175. The van der Waals surface area contributed by atoms with Crippen molar-refractivity contribution in [2.24, 2.45) is 0 Å². The van der Waals surface area contributed by atoms with Crippen molar-refractivity contribution >= 4 is 17.6 Å². The maximum Gasteiger partial charge on any atom is 0.300 e. The van der Waals surface area contributed by atoms with E-state index < -0.39 is 5.97 Å². The molecule has 0 atom stereocenters. The van der Waals surface area contributed by atoms with E-state index in [1.165, 1.54) is 24.0 Å². The van der Waals surface area contributed by atoms with Gasteiger partial charge >= 0.3 is 0 Å². The molecule has 0 bridgehead atoms. The molecular weight excluding hydrogens is 396 g/mol. The van der Waals surface area contributed by atoms with E-state index in [0.29, 0.717) is 30.0 Å². The lowest BCUT2D eigenvalue weighted by Crippen LogP contribution is -2.32. The number of benzene rings is 2. The minimum atomic E-state index is -0.833. The lowest BCUT2D eigenvalue weighted by molar-refractivity contribution is -0.134. The summed E-state index contributed by atoms with van der Waals surface area (Å²) < 4.78 is 10.5. The Morgan fingerprint density at radius 2 is 1.65 bits per heavy atom. The minimum Gasteiger partial charge on any atom is -0.493 e. The molecule has 1 amide bonds. The summed E-state index contributed by atoms with van der Waals surface area (Å²) in [5.41, 5.74) is 4.39. The van der Waals surface area contributed by atoms with E-state index in [-0.39, 0.29) is 11.6 Å². The van der Waals surface area contributed by atoms with Crippen LogP contribution in [0.3, 0.4) is 0 Å². The summed E-state index contributed by atoms with van der Waals surface area (Å²) in [6.07, 6.45) is 5.20. The number of carboxylic acids is 1. The van der Waals surface area contributed by atoms with Crippen LogP contribution in [0, 0.1) is 5.41 Å². The third-order valence-corrected chi connectivity index (χ3v) is 5.01. The molecule has 1 aliphatic carbocycles. The second kappa shape index (κ2) is 11.7. The Morgan fingerprint density at radius 3 is 2.29 bits per heavy atom. The van der Waals surface area contributed by atoms with Gasteiger partial charge in [0.2, 0.25) is 0 Å². The SMILES string of the molecule is CC(=O)O.COc1ccc(CCNC(=O)C(=N)c2ccc3c(c2)CCCC3)cc1OC. The van der Waals surface area contributed by atoms with Crippen LogP contribution in [0.2, 0.25) is 0 Å². The Hall–Kier alpha value is -3.35. The number of methoxy groups -OCH3 is 2. The summed E-state index contributed by atoms with van der Waals surface area (Å²) in [6.45, 7) is 1.54. The molecule has 0 heterocycles. The Labute approximate surface area is 182 Å². The van der Waals surface area contributed by atoms with E-state index in [9.17, 15) is 4.79 Å². The molecule has 3 rings (SSSR count). The van der Waals surface area contributed by atoms with Gasteiger partial charge in [0.1, 0.15) is 5.71 Å². The number of carbonyl (C=O) groups is 2. The lowest BCUT2D eigenvalue weighted by Gasteiger charge is -2.16. The van der Waals surface area contributed by atoms with Crippen LogP contribution in [0.15, 0.2) is 36.4 Å². The molecule has 0 radical (unpaired) electrons. The third-order valence-electron chi connectivity index (χ3n) is 5.01. The Balaban J connectivity index is 0.000000785. The molecule has 2 aromatic carbocycles. The standard InChI is InChI=1S/C22H26N2O3.C2H4O2/c1-26-19-10-7-15(13-20(19)27-2)11-12-24-22(25)21(23)18-9-8-16-5-3-4-6-17(16)14-18;1-2(3)4/h7-10,13-14,23H,3-6,11-12H2,1-2H3,(H,24,25);1H3,(H,3,4). The zero-order valence-electron chi connectivity index (χ0n) is 18.3. The number of aliphatic carboxylic acids is 1. The molecular formula is C24H30N2O5. The monoisotopic (exact) mass is 426 g/mol. The molecule has 31 heavy (non-hydrogen) atoms. The van der Waals surface area contributed by atoms with Crippen LogP contribution in [-0.2, 0) is 28.9 Å². The van der Waals surface area contributed by atoms with Gasteiger partial charge in [0.15, 0.2) is 11.5 Å². The normalized spacial score (nSPS) is 12.0. The Bertz CT molecular complexity index is 936. The number of nitrogens with one attached hydrogen (secondary N) is 2. The van der Waals surface area contributed by atoms with Crippen LogP contribution >= 0.6 is 0 Å². The number of hydrogen-bond donors (Lipinski definition) is 3. The van der Waals surface area contributed by atoms with Crippen molar-refractivity contribution in [1.29, 1.82) is 5.41 Å². The average Bonchev–Trinajstić information content (AvgIpc) is 2.77. The van der Waals surface area contributed by atoms with Gasteiger partial charge in [0, 0.05) is 19.0 Å². The zero-order chi connectivity index (χ0) is 22.8. The number of amides is 1. The maximum absolute atomic E-state index is 12.3. The topological polar surface area (TPSA) is 109 Å². The van der Waals surface area contributed by atoms with Gasteiger partial charge in [0.05, 0.1) is 14.2 Å². The van der Waals surface area contributed by atoms with E-state index in [1.54, 1.807) is 14.2 Å². The third kappa shape index (κ3) is 7.13. The number of carbonyl (C=O) groups excluding carboxylic acids is 1. The van der Waals surface area contributed by atoms with Gasteiger partial charge in [-0.25, -0.2) is 0 Å². The highest BCUT2D eigenvalue weighted by Crippen LogP contribution is 2.27. The van der Waals surface area contributed by atoms with Crippen molar-refractivity contribution in [3.8, 4) is 11.5 Å². The quantitative estimate of drug-likeness (QED) is 0.588. The van der Waals surface area contributed by atoms with E-state index in [0.717, 1.165) is 25.3 Å². The first-order chi connectivity index (χ1) is 14.8. The van der Waals surface area contributed by atoms with Crippen molar-refractivity contribution in [2.75, 3.05) is 20.8 Å². The number of carboxylic acid groups (broad SMARTS) is 1. The van der Waals surface area contributed by atoms with Gasteiger partial charge in [-0.05, 0) is 67.0 Å². The molecule has 7 heteroatoms. The largest absolute Gasteiger partial charge is 0.493 e. The number of fused-ring (bicyclic) bond motifs is 1. The molecule has 1 aliphatic rings. The minimum absolute atomic E-state index is 0.0238. The predicted octanol–water partition coefficient (Wildman–Crippen LogP) is 3.40. The van der Waals surface area contributed by atoms with Crippen molar-refractivity contribution in [3.05, 3.63) is 58.7 Å². The maximum atomic E-state index is 12.3. The highest BCUT2D eigenvalue weighted by molar-refractivity contribution is 6.44. The van der Waals surface area contributed by atoms with E-state index in [1.807, 2.05) is 30.3 Å². The van der Waals surface area contributed by atoms with Crippen LogP contribution in [0.4, 0.5) is 0 Å². The summed E-state index contributed by atoms with van der Waals surface area (Å²) >= 11 is 0. The van der Waals surface area contributed by atoms with Crippen LogP contribution in [-0.4, -0.2) is 43.5 Å². The second-order valence-corrected chi connectivity index (χ2v) is 7.28. The number of rotatable bonds is 7. The van der Waals surface area contributed by atoms with Crippen LogP contribution in [0.25, 0.3) is 0 Å². The van der Waals surface area contributed by atoms with Crippen LogP contribution < -0.4 is 14.8 Å². The van der Waals surface area contributed by atoms with Gasteiger partial charge < -0.3 is 19.9 Å². The van der Waals surface area contributed by atoms with Crippen molar-refractivity contribution < 1.29 is 24.2 Å². The molecule has 166 valence electrons. The molecule has 0 saturated carbocycles. The Kier molecular flexibility index (Phi) is 9.06. The molecule has 0 saturated heterocycles. The molecule has 0 unspecified atom stereocenters. The van der Waals surface area contributed by atoms with Crippen molar-refractivity contribution in [2.45, 2.75) is 39.0 Å². The first kappa shape index (κ1) is 23.9. The average molecular weight is 427 g/mol. The number of hydrogen-bond acceptors (Lipinski definition) is 5. The van der Waals surface area contributed by atoms with Crippen LogP contribution in [0.1, 0.15) is 42.0 Å². The van der Waals surface area contributed by atoms with E-state index >= 15 is 0 Å². The molecule has 7 nitrogen and oxygen atoms in total. The van der Waals surface area contributed by atoms with Gasteiger partial charge in [-0.1, -0.05) is 18.2 Å². The van der Waals surface area contributed by atoms with Crippen LogP contribution in [0.5, 0.6) is 11.5 Å². The highest BCUT2D eigenvalue weighted by Gasteiger charge is 2.15. The molecule has 0 fully saturated rings. The molecule has 3 N–H and O–H groups in total. The molecule has 0 aliphatic heterocycles. The summed E-state index contributed by atoms with van der Waals surface area (Å²) in [5, 5.41) is 18.5. The predicted molar refractivity (Wildman–Crippen MR) is 119 cm³/mol. The summed E-state index contributed by atoms with van der Waals surface area (Å²) in [6, 6.07) is 11.7. The fourth-order valence-corrected chi connectivity index (χ4v) is 3.46. The summed E-state index contributed by atoms with van der Waals surface area (Å²) in [4.78, 5) is 21.3. The van der Waals surface area contributed by atoms with Gasteiger partial charge in [-0.3, -0.25) is 15.0 Å². The van der Waals surface area contributed by atoms with E-state index in [4.69, 9.17) is 24.8 Å². The van der Waals surface area contributed by atoms with E-state index in [2.05, 4.69) is 11.4 Å². The second-order valence-electron chi connectivity index (χ2n) is 7.28. The fourth-order valence-electron chi connectivity index (χ4n) is 3.46. The fraction of sp³-hybridized carbons (Fsp3) is 0.375. The van der Waals surface area contributed by atoms with Gasteiger partial charge in [-0.2, -0.15) is 0 Å². The van der Waals surface area contributed by atoms with Crippen molar-refractivity contribution in [3.63, 3.8) is 0 Å². The number of ether oxygens (including phenoxy) is 2. The van der Waals surface area contributed by atoms with Gasteiger partial charge in [0.25, 0.3) is 11.9 Å². The molecule has 0 aromatic heterocycles. The molecule has 0 spiro atoms. The summed E-state index contributed by atoms with van der Waals surface area (Å²) in [7, 11) is 3.20. The molecule has 2 aromatic rings. The first-order valence-corrected chi connectivity index (χ1v) is 10.2. The lowest BCUT2D eigenvalue weighted by atomic mass is 9.89. The number of aryl methyl sites for hydroxylation is 2. The highest BCUT2D eigenvalue weighted by atomic mass is 16.5. The first-order valence-electron chi connectivity index (χ1n) is 10.2. The zero-order valence-corrected chi connectivity index (χ0v) is 18.3. The van der Waals surface area contributed by atoms with Crippen molar-refractivity contribution in [1.82, 2.24) is 5.32 Å².